The van der Waals surface area contributed by atoms with Crippen molar-refractivity contribution in [3.63, 3.8) is 0 Å². The monoisotopic (exact) mass is 590 g/mol. The standard InChI is InChI=1S/C32H50O8Si/c1-12-41(13-2,14-3)40-25-15-16-32(11)27(19(25)5)28(37-20(6)33)23-17-24(36)18(4)26(31(23,9)10)29(38-21(7)34)30(32)39-22(8)35/h23,25,27-30H,5,12-17H2,1-4,6-11H3. The first kappa shape index (κ1) is 33.2. The number of carbonyl (C=O) groups is 4. The summed E-state index contributed by atoms with van der Waals surface area (Å²) in [5, 5.41) is 0. The van der Waals surface area contributed by atoms with Crippen molar-refractivity contribution in [2.45, 2.75) is 131 Å². The molecule has 7 atom stereocenters. The quantitative estimate of drug-likeness (QED) is 0.145. The van der Waals surface area contributed by atoms with E-state index < -0.39 is 67.2 Å². The fraction of sp³-hybridized carbons (Fsp3) is 0.750. The summed E-state index contributed by atoms with van der Waals surface area (Å²) in [7, 11) is -2.04. The molecule has 2 saturated carbocycles. The first-order valence-corrected chi connectivity index (χ1v) is 17.6. The normalized spacial score (nSPS) is 33.3. The molecule has 2 fully saturated rings. The molecule has 0 aromatic carbocycles. The minimum atomic E-state index is -2.04. The average Bonchev–Trinajstić information content (AvgIpc) is 2.87. The zero-order valence-electron chi connectivity index (χ0n) is 26.7. The molecule has 0 radical (unpaired) electrons. The van der Waals surface area contributed by atoms with Crippen LogP contribution in [0.3, 0.4) is 0 Å². The molecule has 0 spiro atoms. The lowest BCUT2D eigenvalue weighted by atomic mass is 9.49. The first-order chi connectivity index (χ1) is 19.0. The van der Waals surface area contributed by atoms with E-state index in [1.165, 1.54) is 20.8 Å². The molecule has 0 aromatic rings. The van der Waals surface area contributed by atoms with Crippen molar-refractivity contribution in [3.05, 3.63) is 23.3 Å². The lowest BCUT2D eigenvalue weighted by Crippen LogP contribution is -2.64. The van der Waals surface area contributed by atoms with Gasteiger partial charge in [0.25, 0.3) is 0 Å². The van der Waals surface area contributed by atoms with Crippen molar-refractivity contribution in [2.24, 2.45) is 22.7 Å². The van der Waals surface area contributed by atoms with Gasteiger partial charge in [-0.2, -0.15) is 0 Å². The molecule has 0 N–H and O–H groups in total. The number of Topliss-reactive ketones (excluding diaryl/α,β-unsaturated/α-hetero) is 1. The van der Waals surface area contributed by atoms with E-state index in [-0.39, 0.29) is 18.3 Å². The molecule has 0 saturated heterocycles. The van der Waals surface area contributed by atoms with Gasteiger partial charge in [-0.25, -0.2) is 0 Å². The number of allylic oxidation sites excluding steroid dienone is 1. The minimum Gasteiger partial charge on any atom is -0.462 e. The fourth-order valence-corrected chi connectivity index (χ4v) is 10.9. The second kappa shape index (κ2) is 12.2. The van der Waals surface area contributed by atoms with E-state index in [1.54, 1.807) is 6.92 Å². The number of esters is 3. The van der Waals surface area contributed by atoms with Crippen LogP contribution in [-0.2, 0) is 37.8 Å². The Bertz CT molecular complexity index is 1110. The van der Waals surface area contributed by atoms with Crippen LogP contribution in [0.5, 0.6) is 0 Å². The third-order valence-electron chi connectivity index (χ3n) is 10.5. The van der Waals surface area contributed by atoms with Crippen LogP contribution in [0.2, 0.25) is 18.1 Å². The predicted octanol–water partition coefficient (Wildman–Crippen LogP) is 6.09. The molecule has 0 heterocycles. The lowest BCUT2D eigenvalue weighted by molar-refractivity contribution is -0.201. The van der Waals surface area contributed by atoms with Crippen molar-refractivity contribution in [3.8, 4) is 0 Å². The van der Waals surface area contributed by atoms with Gasteiger partial charge in [0.2, 0.25) is 0 Å². The molecule has 9 heteroatoms. The van der Waals surface area contributed by atoms with Gasteiger partial charge in [0, 0.05) is 44.4 Å². The zero-order chi connectivity index (χ0) is 31.1. The highest BCUT2D eigenvalue weighted by molar-refractivity contribution is 6.73. The summed E-state index contributed by atoms with van der Waals surface area (Å²) in [6, 6.07) is 2.92. The Hall–Kier alpha value is -2.26. The summed E-state index contributed by atoms with van der Waals surface area (Å²) in [6.45, 7) is 22.9. The molecule has 3 aliphatic carbocycles. The SMILES string of the molecule is C=C1C(O[Si](CC)(CC)CC)CCC2(C)C(OC(C)=O)C(OC(C)=O)C3=C(C)C(=O)CC(C(OC(C)=O)C12)C3(C)C. The molecule has 0 aliphatic heterocycles. The molecule has 2 bridgehead atoms. The van der Waals surface area contributed by atoms with Gasteiger partial charge >= 0.3 is 17.9 Å². The van der Waals surface area contributed by atoms with E-state index in [4.69, 9.17) is 18.6 Å². The van der Waals surface area contributed by atoms with Crippen LogP contribution >= 0.6 is 0 Å². The molecule has 230 valence electrons. The summed E-state index contributed by atoms with van der Waals surface area (Å²) >= 11 is 0. The number of ketones is 1. The van der Waals surface area contributed by atoms with Crippen LogP contribution in [0.25, 0.3) is 0 Å². The molecule has 0 aromatic heterocycles. The Labute approximate surface area is 246 Å². The topological polar surface area (TPSA) is 105 Å². The highest BCUT2D eigenvalue weighted by Gasteiger charge is 2.64. The summed E-state index contributed by atoms with van der Waals surface area (Å²) in [4.78, 5) is 51.5. The van der Waals surface area contributed by atoms with E-state index in [9.17, 15) is 19.2 Å². The van der Waals surface area contributed by atoms with Crippen molar-refractivity contribution in [1.82, 2.24) is 0 Å². The molecule has 3 rings (SSSR count). The first-order valence-electron chi connectivity index (χ1n) is 15.1. The third-order valence-corrected chi connectivity index (χ3v) is 15.1. The van der Waals surface area contributed by atoms with Gasteiger partial charge in [-0.1, -0.05) is 48.1 Å². The predicted molar refractivity (Wildman–Crippen MR) is 158 cm³/mol. The van der Waals surface area contributed by atoms with Crippen LogP contribution in [-0.4, -0.2) is 56.4 Å². The largest absolute Gasteiger partial charge is 0.462 e. The average molecular weight is 591 g/mol. The molecule has 41 heavy (non-hydrogen) atoms. The fourth-order valence-electron chi connectivity index (χ4n) is 8.04. The van der Waals surface area contributed by atoms with Crippen LogP contribution in [0.15, 0.2) is 23.3 Å². The lowest BCUT2D eigenvalue weighted by Gasteiger charge is -2.59. The van der Waals surface area contributed by atoms with Gasteiger partial charge in [-0.3, -0.25) is 19.2 Å². The van der Waals surface area contributed by atoms with Crippen molar-refractivity contribution in [1.29, 1.82) is 0 Å². The Morgan fingerprint density at radius 1 is 0.927 bits per heavy atom. The van der Waals surface area contributed by atoms with Gasteiger partial charge in [0.05, 0.1) is 6.10 Å². The van der Waals surface area contributed by atoms with Crippen molar-refractivity contribution in [2.75, 3.05) is 0 Å². The number of hydrogen-bond acceptors (Lipinski definition) is 8. The number of carbonyl (C=O) groups excluding carboxylic acids is 4. The van der Waals surface area contributed by atoms with Gasteiger partial charge in [-0.05, 0) is 60.0 Å². The minimum absolute atomic E-state index is 0.104. The van der Waals surface area contributed by atoms with Crippen LogP contribution in [0.4, 0.5) is 0 Å². The van der Waals surface area contributed by atoms with Crippen LogP contribution in [0.1, 0.15) is 88.5 Å². The van der Waals surface area contributed by atoms with Crippen molar-refractivity contribution >= 4 is 32.0 Å². The van der Waals surface area contributed by atoms with E-state index in [0.717, 1.165) is 23.7 Å². The summed E-state index contributed by atoms with van der Waals surface area (Å²) in [5.41, 5.74) is 0.335. The summed E-state index contributed by atoms with van der Waals surface area (Å²) < 4.78 is 25.3. The smallest absolute Gasteiger partial charge is 0.303 e. The summed E-state index contributed by atoms with van der Waals surface area (Å²) in [5.74, 6) is -2.54. The Morgan fingerprint density at radius 2 is 1.46 bits per heavy atom. The van der Waals surface area contributed by atoms with E-state index in [1.807, 2.05) is 20.8 Å². The van der Waals surface area contributed by atoms with Gasteiger partial charge < -0.3 is 18.6 Å². The van der Waals surface area contributed by atoms with Gasteiger partial charge in [-0.15, -0.1) is 0 Å². The molecular weight excluding hydrogens is 540 g/mol. The second-order valence-corrected chi connectivity index (χ2v) is 17.8. The molecule has 0 amide bonds. The molecule has 3 aliphatic rings. The van der Waals surface area contributed by atoms with Crippen LogP contribution in [0, 0.1) is 22.7 Å². The maximum absolute atomic E-state index is 13.6. The number of ether oxygens (including phenoxy) is 3. The van der Waals surface area contributed by atoms with Gasteiger partial charge in [0.15, 0.2) is 20.2 Å². The number of fused-ring (bicyclic) bond motifs is 3. The van der Waals surface area contributed by atoms with E-state index in [2.05, 4.69) is 27.4 Å². The summed E-state index contributed by atoms with van der Waals surface area (Å²) in [6.07, 6.45) is -1.53. The second-order valence-electron chi connectivity index (χ2n) is 13.1. The number of hydrogen-bond donors (Lipinski definition) is 0. The molecule has 8 nitrogen and oxygen atoms in total. The van der Waals surface area contributed by atoms with E-state index >= 15 is 0 Å². The maximum atomic E-state index is 13.6. The third kappa shape index (κ3) is 5.98. The Balaban J connectivity index is 2.35. The Morgan fingerprint density at radius 3 is 1.95 bits per heavy atom. The highest BCUT2D eigenvalue weighted by atomic mass is 28.4. The van der Waals surface area contributed by atoms with Gasteiger partial charge in [0.1, 0.15) is 12.2 Å². The Kier molecular flexibility index (Phi) is 9.85. The maximum Gasteiger partial charge on any atom is 0.303 e. The highest BCUT2D eigenvalue weighted by Crippen LogP contribution is 2.60. The molecule has 7 unspecified atom stereocenters. The molecular formula is C32H50O8Si. The zero-order valence-corrected chi connectivity index (χ0v) is 27.7. The van der Waals surface area contributed by atoms with Crippen molar-refractivity contribution < 1.29 is 37.8 Å². The van der Waals surface area contributed by atoms with E-state index in [0.29, 0.717) is 24.0 Å². The van der Waals surface area contributed by atoms with Crippen LogP contribution < -0.4 is 0 Å². The number of rotatable bonds is 8.